The van der Waals surface area contributed by atoms with Gasteiger partial charge in [0.2, 0.25) is 0 Å². The molecule has 0 saturated carbocycles. The number of halogens is 5. The summed E-state index contributed by atoms with van der Waals surface area (Å²) in [5.41, 5.74) is 2.36. The first-order valence-corrected chi connectivity index (χ1v) is 12.6. The van der Waals surface area contributed by atoms with E-state index in [-0.39, 0.29) is 53.5 Å². The minimum atomic E-state index is -4.33. The maximum Gasteiger partial charge on any atom is 0.339 e. The molecule has 0 aliphatic heterocycles. The standard InChI is InChI=1S/C21H23Cl5O3S/c1-9(2)12-7-13(10(3)4)21(14(8-12)11(5)6)30(27,28)29-20-18(25)16(23)15(22)17(24)19(20)26/h7-11H,1-6H3. The zero-order valence-corrected chi connectivity index (χ0v) is 22.0. The molecule has 2 rings (SSSR count). The van der Waals surface area contributed by atoms with Gasteiger partial charge in [-0.15, -0.1) is 0 Å². The molecule has 0 aliphatic rings. The zero-order valence-electron chi connectivity index (χ0n) is 17.4. The third kappa shape index (κ3) is 5.00. The van der Waals surface area contributed by atoms with Crippen LogP contribution in [-0.4, -0.2) is 8.42 Å². The lowest BCUT2D eigenvalue weighted by Crippen LogP contribution is -2.17. The summed E-state index contributed by atoms with van der Waals surface area (Å²) in [7, 11) is -4.33. The van der Waals surface area contributed by atoms with Gasteiger partial charge in [0.1, 0.15) is 14.9 Å². The summed E-state index contributed by atoms with van der Waals surface area (Å²) in [5.74, 6) is -0.263. The normalized spacial score (nSPS) is 12.3. The molecule has 0 fully saturated rings. The van der Waals surface area contributed by atoms with Gasteiger partial charge in [-0.2, -0.15) is 8.42 Å². The second-order valence-electron chi connectivity index (χ2n) is 7.93. The van der Waals surface area contributed by atoms with E-state index in [1.54, 1.807) is 0 Å². The van der Waals surface area contributed by atoms with Gasteiger partial charge in [-0.1, -0.05) is 112 Å². The maximum absolute atomic E-state index is 13.5. The summed E-state index contributed by atoms with van der Waals surface area (Å²) < 4.78 is 32.4. The van der Waals surface area contributed by atoms with E-state index in [9.17, 15) is 8.42 Å². The van der Waals surface area contributed by atoms with Gasteiger partial charge in [-0.05, 0) is 34.4 Å². The van der Waals surface area contributed by atoms with E-state index in [1.807, 2.05) is 39.8 Å². The molecule has 0 saturated heterocycles. The van der Waals surface area contributed by atoms with Gasteiger partial charge < -0.3 is 4.18 Å². The first kappa shape index (κ1) is 25.9. The number of benzene rings is 2. The molecule has 2 aromatic rings. The predicted octanol–water partition coefficient (Wildman–Crippen LogP) is 9.09. The van der Waals surface area contributed by atoms with Gasteiger partial charge in [0.05, 0.1) is 15.1 Å². The average Bonchev–Trinajstić information content (AvgIpc) is 2.66. The minimum Gasteiger partial charge on any atom is -0.376 e. The quantitative estimate of drug-likeness (QED) is 0.212. The van der Waals surface area contributed by atoms with Gasteiger partial charge in [0.25, 0.3) is 0 Å². The summed E-state index contributed by atoms with van der Waals surface area (Å²) in [4.78, 5) is 0.103. The van der Waals surface area contributed by atoms with E-state index in [2.05, 4.69) is 13.8 Å². The van der Waals surface area contributed by atoms with E-state index in [4.69, 9.17) is 62.2 Å². The average molecular weight is 533 g/mol. The monoisotopic (exact) mass is 530 g/mol. The van der Waals surface area contributed by atoms with Crippen LogP contribution in [0.1, 0.15) is 76.0 Å². The van der Waals surface area contributed by atoms with Crippen molar-refractivity contribution in [2.45, 2.75) is 64.2 Å². The van der Waals surface area contributed by atoms with Gasteiger partial charge >= 0.3 is 10.1 Å². The predicted molar refractivity (Wildman–Crippen MR) is 128 cm³/mol. The summed E-state index contributed by atoms with van der Waals surface area (Å²) in [6.07, 6.45) is 0. The van der Waals surface area contributed by atoms with Crippen molar-refractivity contribution in [3.8, 4) is 5.75 Å². The van der Waals surface area contributed by atoms with E-state index in [0.29, 0.717) is 11.1 Å². The van der Waals surface area contributed by atoms with Crippen LogP contribution in [0, 0.1) is 0 Å². The highest BCUT2D eigenvalue weighted by atomic mass is 35.5. The fraction of sp³-hybridized carbons (Fsp3) is 0.429. The van der Waals surface area contributed by atoms with Crippen molar-refractivity contribution in [3.05, 3.63) is 53.9 Å². The maximum atomic E-state index is 13.5. The van der Waals surface area contributed by atoms with Crippen molar-refractivity contribution in [1.82, 2.24) is 0 Å². The van der Waals surface area contributed by atoms with Gasteiger partial charge in [0.15, 0.2) is 5.75 Å². The molecule has 0 heterocycles. The first-order valence-electron chi connectivity index (χ1n) is 9.34. The van der Waals surface area contributed by atoms with Crippen LogP contribution in [0.4, 0.5) is 0 Å². The van der Waals surface area contributed by atoms with Crippen molar-refractivity contribution in [2.75, 3.05) is 0 Å². The fourth-order valence-corrected chi connectivity index (χ4v) is 5.91. The fourth-order valence-electron chi connectivity index (χ4n) is 2.99. The highest BCUT2D eigenvalue weighted by Crippen LogP contribution is 2.49. The molecule has 9 heteroatoms. The Kier molecular flexibility index (Phi) is 8.32. The van der Waals surface area contributed by atoms with Crippen LogP contribution in [0.3, 0.4) is 0 Å². The Morgan fingerprint density at radius 3 is 1.37 bits per heavy atom. The Bertz CT molecular complexity index is 1020. The van der Waals surface area contributed by atoms with Crippen LogP contribution in [0.5, 0.6) is 5.75 Å². The van der Waals surface area contributed by atoms with Crippen LogP contribution >= 0.6 is 58.0 Å². The molecule has 3 nitrogen and oxygen atoms in total. The topological polar surface area (TPSA) is 43.4 Å². The molecule has 30 heavy (non-hydrogen) atoms. The number of rotatable bonds is 6. The molecule has 0 bridgehead atoms. The summed E-state index contributed by atoms with van der Waals surface area (Å²) in [6, 6.07) is 3.81. The Hall–Kier alpha value is -0.360. The van der Waals surface area contributed by atoms with E-state index >= 15 is 0 Å². The largest absolute Gasteiger partial charge is 0.376 e. The molecule has 166 valence electrons. The molecular weight excluding hydrogens is 510 g/mol. The second-order valence-corrected chi connectivity index (χ2v) is 11.3. The van der Waals surface area contributed by atoms with Crippen LogP contribution in [0.2, 0.25) is 25.1 Å². The summed E-state index contributed by atoms with van der Waals surface area (Å²) >= 11 is 30.5. The van der Waals surface area contributed by atoms with E-state index < -0.39 is 10.1 Å². The molecular formula is C21H23Cl5O3S. The van der Waals surface area contributed by atoms with E-state index in [0.717, 1.165) is 5.56 Å². The minimum absolute atomic E-state index is 0.0714. The second kappa shape index (κ2) is 9.64. The molecule has 0 radical (unpaired) electrons. The van der Waals surface area contributed by atoms with Crippen LogP contribution in [0.25, 0.3) is 0 Å². The molecule has 0 spiro atoms. The van der Waals surface area contributed by atoms with Crippen LogP contribution in [0.15, 0.2) is 17.0 Å². The summed E-state index contributed by atoms with van der Waals surface area (Å²) in [6.45, 7) is 11.8. The third-order valence-electron chi connectivity index (χ3n) is 4.69. The molecule has 0 aromatic heterocycles. The molecule has 0 unspecified atom stereocenters. The Morgan fingerprint density at radius 2 is 1.03 bits per heavy atom. The lowest BCUT2D eigenvalue weighted by atomic mass is 9.89. The Labute approximate surface area is 203 Å². The zero-order chi connectivity index (χ0) is 23.1. The molecule has 2 aromatic carbocycles. The number of hydrogen-bond acceptors (Lipinski definition) is 3. The van der Waals surface area contributed by atoms with Gasteiger partial charge in [-0.3, -0.25) is 0 Å². The highest BCUT2D eigenvalue weighted by molar-refractivity contribution is 7.87. The highest BCUT2D eigenvalue weighted by Gasteiger charge is 2.31. The van der Waals surface area contributed by atoms with E-state index in [1.165, 1.54) is 0 Å². The number of hydrogen-bond donors (Lipinski definition) is 0. The smallest absolute Gasteiger partial charge is 0.339 e. The van der Waals surface area contributed by atoms with Crippen molar-refractivity contribution in [2.24, 2.45) is 0 Å². The van der Waals surface area contributed by atoms with Gasteiger partial charge in [-0.25, -0.2) is 0 Å². The van der Waals surface area contributed by atoms with Crippen molar-refractivity contribution < 1.29 is 12.6 Å². The first-order chi connectivity index (χ1) is 13.7. The van der Waals surface area contributed by atoms with Crippen molar-refractivity contribution >= 4 is 68.1 Å². The van der Waals surface area contributed by atoms with Crippen molar-refractivity contribution in [1.29, 1.82) is 0 Å². The van der Waals surface area contributed by atoms with Crippen LogP contribution < -0.4 is 4.18 Å². The molecule has 0 atom stereocenters. The molecule has 0 N–H and O–H groups in total. The third-order valence-corrected chi connectivity index (χ3v) is 8.29. The van der Waals surface area contributed by atoms with Gasteiger partial charge in [0, 0.05) is 0 Å². The lowest BCUT2D eigenvalue weighted by Gasteiger charge is -2.23. The van der Waals surface area contributed by atoms with Crippen LogP contribution in [-0.2, 0) is 10.1 Å². The SMILES string of the molecule is CC(C)c1cc(C(C)C)c(S(=O)(=O)Oc2c(Cl)c(Cl)c(Cl)c(Cl)c2Cl)c(C(C)C)c1. The molecule has 0 aliphatic carbocycles. The summed E-state index contributed by atoms with van der Waals surface area (Å²) in [5, 5.41) is -0.807. The lowest BCUT2D eigenvalue weighted by molar-refractivity contribution is 0.482. The Balaban J connectivity index is 2.81. The van der Waals surface area contributed by atoms with Crippen molar-refractivity contribution in [3.63, 3.8) is 0 Å². The Morgan fingerprint density at radius 1 is 0.667 bits per heavy atom. The molecule has 0 amide bonds.